The van der Waals surface area contributed by atoms with Crippen LogP contribution >= 0.6 is 0 Å². The molecule has 5 heteroatoms. The Morgan fingerprint density at radius 2 is 1.53 bits per heavy atom. The van der Waals surface area contributed by atoms with Gasteiger partial charge >= 0.3 is 0 Å². The van der Waals surface area contributed by atoms with Gasteiger partial charge < -0.3 is 11.5 Å². The maximum Gasteiger partial charge on any atom is 0.168 e. The second kappa shape index (κ2) is 6.90. The standard InChI is InChI=1S/C27H28F2N2O/c1-12(13-5-6-13)17-10-24(29)19-7-14(8-20(19)26(17)31)18-9-21(18)27(32)22-11-23(28)15-3-2-4-16(15)25(22)30/h10-11,13-14,18,21H,1-9,30-31H2. The minimum Gasteiger partial charge on any atom is -0.398 e. The number of nitrogen functional groups attached to an aromatic ring is 2. The van der Waals surface area contributed by atoms with E-state index in [9.17, 15) is 13.6 Å². The predicted molar refractivity (Wildman–Crippen MR) is 122 cm³/mol. The second-order valence-corrected chi connectivity index (χ2v) is 10.2. The smallest absolute Gasteiger partial charge is 0.168 e. The van der Waals surface area contributed by atoms with Crippen LogP contribution in [0.1, 0.15) is 63.9 Å². The molecule has 3 atom stereocenters. The summed E-state index contributed by atoms with van der Waals surface area (Å²) in [5.74, 6) is 0.0328. The Morgan fingerprint density at radius 3 is 2.28 bits per heavy atom. The molecule has 3 unspecified atom stereocenters. The third-order valence-electron chi connectivity index (χ3n) is 8.33. The number of carbonyl (C=O) groups is 1. The third-order valence-corrected chi connectivity index (χ3v) is 8.33. The van der Waals surface area contributed by atoms with E-state index >= 15 is 0 Å². The summed E-state index contributed by atoms with van der Waals surface area (Å²) in [4.78, 5) is 13.2. The SMILES string of the molecule is C=C(c1cc(F)c2c(c1N)CC(C1CC1C(=O)c1cc(F)c3c(c1N)CCC3)C2)C1CC1. The lowest BCUT2D eigenvalue weighted by molar-refractivity contribution is 0.0956. The zero-order chi connectivity index (χ0) is 22.3. The third kappa shape index (κ3) is 2.93. The van der Waals surface area contributed by atoms with Gasteiger partial charge in [0.1, 0.15) is 11.6 Å². The summed E-state index contributed by atoms with van der Waals surface area (Å²) in [5.41, 5.74) is 19.0. The molecule has 166 valence electrons. The van der Waals surface area contributed by atoms with Crippen LogP contribution in [0.3, 0.4) is 0 Å². The number of Topliss-reactive ketones (excluding diaryl/α,β-unsaturated/α-hetero) is 1. The fourth-order valence-corrected chi connectivity index (χ4v) is 6.23. The molecule has 2 aromatic rings. The van der Waals surface area contributed by atoms with Crippen molar-refractivity contribution in [3.8, 4) is 0 Å². The molecule has 0 bridgehead atoms. The molecule has 3 nitrogen and oxygen atoms in total. The Labute approximate surface area is 186 Å². The minimum absolute atomic E-state index is 0.0618. The van der Waals surface area contributed by atoms with Crippen molar-refractivity contribution in [2.24, 2.45) is 23.7 Å². The van der Waals surface area contributed by atoms with E-state index < -0.39 is 0 Å². The Kier molecular flexibility index (Phi) is 4.30. The number of halogens is 2. The second-order valence-electron chi connectivity index (χ2n) is 10.2. The van der Waals surface area contributed by atoms with Crippen molar-refractivity contribution in [1.82, 2.24) is 0 Å². The normalized spacial score (nSPS) is 25.5. The van der Waals surface area contributed by atoms with Gasteiger partial charge in [-0.2, -0.15) is 0 Å². The van der Waals surface area contributed by atoms with Gasteiger partial charge in [-0.05, 0) is 109 Å². The van der Waals surface area contributed by atoms with Crippen LogP contribution in [0, 0.1) is 35.3 Å². The monoisotopic (exact) mass is 434 g/mol. The van der Waals surface area contributed by atoms with Crippen LogP contribution in [-0.2, 0) is 25.7 Å². The first-order valence-corrected chi connectivity index (χ1v) is 11.8. The van der Waals surface area contributed by atoms with E-state index in [-0.39, 0.29) is 35.2 Å². The molecule has 0 radical (unpaired) electrons. The summed E-state index contributed by atoms with van der Waals surface area (Å²) >= 11 is 0. The highest BCUT2D eigenvalue weighted by Crippen LogP contribution is 2.53. The summed E-state index contributed by atoms with van der Waals surface area (Å²) in [5, 5.41) is 0. The molecule has 4 N–H and O–H groups in total. The molecule has 0 amide bonds. The maximum atomic E-state index is 15.0. The Bertz CT molecular complexity index is 1200. The number of hydrogen-bond donors (Lipinski definition) is 2. The number of anilines is 2. The molecule has 4 aliphatic rings. The number of carbonyl (C=O) groups excluding carboxylic acids is 1. The van der Waals surface area contributed by atoms with Crippen LogP contribution in [0.15, 0.2) is 18.7 Å². The molecule has 2 saturated carbocycles. The van der Waals surface area contributed by atoms with Crippen molar-refractivity contribution in [2.75, 3.05) is 11.5 Å². The average molecular weight is 435 g/mol. The number of nitrogens with two attached hydrogens (primary N) is 2. The van der Waals surface area contributed by atoms with Gasteiger partial charge in [0.15, 0.2) is 5.78 Å². The summed E-state index contributed by atoms with van der Waals surface area (Å²) in [6.45, 7) is 4.16. The van der Waals surface area contributed by atoms with Gasteiger partial charge in [-0.25, -0.2) is 8.78 Å². The molecule has 0 spiro atoms. The lowest BCUT2D eigenvalue weighted by Crippen LogP contribution is -2.13. The molecular weight excluding hydrogens is 406 g/mol. The quantitative estimate of drug-likeness (QED) is 0.497. The number of benzene rings is 2. The molecule has 0 aliphatic heterocycles. The highest BCUT2D eigenvalue weighted by Gasteiger charge is 2.50. The molecule has 6 rings (SSSR count). The molecule has 0 aromatic heterocycles. The molecule has 0 heterocycles. The number of rotatable bonds is 5. The molecule has 2 fully saturated rings. The minimum atomic E-state index is -0.307. The number of hydrogen-bond acceptors (Lipinski definition) is 3. The van der Waals surface area contributed by atoms with Gasteiger partial charge in [-0.3, -0.25) is 4.79 Å². The largest absolute Gasteiger partial charge is 0.398 e. The Balaban J connectivity index is 1.23. The average Bonchev–Trinajstić information content (AvgIpc) is 3.68. The van der Waals surface area contributed by atoms with E-state index in [0.717, 1.165) is 54.4 Å². The fourth-order valence-electron chi connectivity index (χ4n) is 6.23. The van der Waals surface area contributed by atoms with Crippen LogP contribution in [0.2, 0.25) is 0 Å². The van der Waals surface area contributed by atoms with Gasteiger partial charge in [0.2, 0.25) is 0 Å². The summed E-state index contributed by atoms with van der Waals surface area (Å²) in [7, 11) is 0. The zero-order valence-electron chi connectivity index (χ0n) is 18.1. The highest BCUT2D eigenvalue weighted by atomic mass is 19.1. The van der Waals surface area contributed by atoms with Gasteiger partial charge in [0, 0.05) is 28.4 Å². The number of fused-ring (bicyclic) bond motifs is 2. The molecule has 32 heavy (non-hydrogen) atoms. The lowest BCUT2D eigenvalue weighted by atomic mass is 9.93. The van der Waals surface area contributed by atoms with Gasteiger partial charge in [-0.1, -0.05) is 6.58 Å². The van der Waals surface area contributed by atoms with Crippen molar-refractivity contribution in [2.45, 2.75) is 51.4 Å². The first-order chi connectivity index (χ1) is 15.3. The fraction of sp³-hybridized carbons (Fsp3) is 0.444. The van der Waals surface area contributed by atoms with Crippen molar-refractivity contribution < 1.29 is 13.6 Å². The van der Waals surface area contributed by atoms with Crippen LogP contribution in [0.5, 0.6) is 0 Å². The first kappa shape index (κ1) is 20.0. The number of ketones is 1. The first-order valence-electron chi connectivity index (χ1n) is 11.8. The summed E-state index contributed by atoms with van der Waals surface area (Å²) in [6.07, 6.45) is 6.53. The predicted octanol–water partition coefficient (Wildman–Crippen LogP) is 5.27. The van der Waals surface area contributed by atoms with Gasteiger partial charge in [0.05, 0.1) is 0 Å². The van der Waals surface area contributed by atoms with Crippen molar-refractivity contribution in [1.29, 1.82) is 0 Å². The number of allylic oxidation sites excluding steroid dienone is 1. The molecule has 2 aromatic carbocycles. The Hall–Kier alpha value is -2.69. The van der Waals surface area contributed by atoms with Crippen molar-refractivity contribution in [3.05, 3.63) is 63.7 Å². The van der Waals surface area contributed by atoms with Crippen LogP contribution in [0.4, 0.5) is 20.2 Å². The van der Waals surface area contributed by atoms with E-state index in [1.807, 2.05) is 0 Å². The lowest BCUT2D eigenvalue weighted by Gasteiger charge is -2.13. The topological polar surface area (TPSA) is 69.1 Å². The van der Waals surface area contributed by atoms with Crippen molar-refractivity contribution >= 4 is 22.7 Å². The zero-order valence-corrected chi connectivity index (χ0v) is 18.1. The van der Waals surface area contributed by atoms with E-state index in [4.69, 9.17) is 11.5 Å². The summed E-state index contributed by atoms with van der Waals surface area (Å²) < 4.78 is 29.5. The van der Waals surface area contributed by atoms with Gasteiger partial charge in [-0.15, -0.1) is 0 Å². The van der Waals surface area contributed by atoms with Crippen molar-refractivity contribution in [3.63, 3.8) is 0 Å². The molecular formula is C27H28F2N2O. The summed E-state index contributed by atoms with van der Waals surface area (Å²) in [6, 6.07) is 2.90. The Morgan fingerprint density at radius 1 is 0.906 bits per heavy atom. The van der Waals surface area contributed by atoms with Crippen LogP contribution < -0.4 is 11.5 Å². The van der Waals surface area contributed by atoms with Gasteiger partial charge in [0.25, 0.3) is 0 Å². The van der Waals surface area contributed by atoms with E-state index in [1.54, 1.807) is 6.07 Å². The molecule has 4 aliphatic carbocycles. The molecule has 0 saturated heterocycles. The van der Waals surface area contributed by atoms with E-state index in [1.165, 1.54) is 6.07 Å². The highest BCUT2D eigenvalue weighted by molar-refractivity contribution is 6.04. The van der Waals surface area contributed by atoms with Crippen LogP contribution in [0.25, 0.3) is 5.57 Å². The maximum absolute atomic E-state index is 15.0. The van der Waals surface area contributed by atoms with Crippen LogP contribution in [-0.4, -0.2) is 5.78 Å². The van der Waals surface area contributed by atoms with E-state index in [2.05, 4.69) is 6.58 Å². The van der Waals surface area contributed by atoms with E-state index in [0.29, 0.717) is 53.2 Å².